The molecule has 0 unspecified atom stereocenters. The number of carbonyl (C=O) groups excluding carboxylic acids is 2. The van der Waals surface area contributed by atoms with Crippen molar-refractivity contribution >= 4 is 23.4 Å². The van der Waals surface area contributed by atoms with Gasteiger partial charge in [-0.05, 0) is 36.8 Å². The fraction of sp³-hybridized carbons (Fsp3) is 0.150. The third kappa shape index (κ3) is 4.88. The van der Waals surface area contributed by atoms with Crippen LogP contribution in [0.2, 0.25) is 0 Å². The molecule has 0 aliphatic carbocycles. The number of nitrogens with one attached hydrogen (secondary N) is 2. The summed E-state index contributed by atoms with van der Waals surface area (Å²) in [5, 5.41) is 5.83. The van der Waals surface area contributed by atoms with Gasteiger partial charge in [-0.25, -0.2) is 14.8 Å². The molecular weight excluding hydrogens is 358 g/mol. The van der Waals surface area contributed by atoms with E-state index in [1.54, 1.807) is 49.6 Å². The summed E-state index contributed by atoms with van der Waals surface area (Å²) >= 11 is 0. The number of aromatic nitrogens is 3. The van der Waals surface area contributed by atoms with Crippen LogP contribution >= 0.6 is 0 Å². The SMILES string of the molecule is CCOC(=O)c1ccccc1NC(=O)c1cc(NCc2ccncc2)ncn1. The summed E-state index contributed by atoms with van der Waals surface area (Å²) in [4.78, 5) is 36.7. The van der Waals surface area contributed by atoms with E-state index in [4.69, 9.17) is 4.74 Å². The van der Waals surface area contributed by atoms with Crippen LogP contribution in [0, 0.1) is 0 Å². The number of para-hydroxylation sites is 1. The molecule has 0 saturated carbocycles. The van der Waals surface area contributed by atoms with E-state index in [0.717, 1.165) is 5.56 Å². The van der Waals surface area contributed by atoms with E-state index in [1.165, 1.54) is 6.33 Å². The average Bonchev–Trinajstić information content (AvgIpc) is 2.74. The molecule has 0 bridgehead atoms. The number of esters is 1. The van der Waals surface area contributed by atoms with Crippen LogP contribution in [-0.2, 0) is 11.3 Å². The van der Waals surface area contributed by atoms with Crippen molar-refractivity contribution in [1.29, 1.82) is 0 Å². The minimum atomic E-state index is -0.499. The Morgan fingerprint density at radius 1 is 1.07 bits per heavy atom. The van der Waals surface area contributed by atoms with E-state index < -0.39 is 11.9 Å². The highest BCUT2D eigenvalue weighted by Crippen LogP contribution is 2.17. The van der Waals surface area contributed by atoms with Gasteiger partial charge in [-0.1, -0.05) is 12.1 Å². The minimum Gasteiger partial charge on any atom is -0.462 e. The van der Waals surface area contributed by atoms with Crippen molar-refractivity contribution in [2.24, 2.45) is 0 Å². The first kappa shape index (κ1) is 19.0. The number of benzene rings is 1. The topological polar surface area (TPSA) is 106 Å². The van der Waals surface area contributed by atoms with Crippen LogP contribution in [0.3, 0.4) is 0 Å². The van der Waals surface area contributed by atoms with E-state index in [1.807, 2.05) is 12.1 Å². The van der Waals surface area contributed by atoms with Gasteiger partial charge in [0.2, 0.25) is 0 Å². The number of pyridine rings is 1. The van der Waals surface area contributed by atoms with E-state index in [0.29, 0.717) is 18.1 Å². The van der Waals surface area contributed by atoms with Crippen molar-refractivity contribution < 1.29 is 14.3 Å². The fourth-order valence-electron chi connectivity index (χ4n) is 2.44. The van der Waals surface area contributed by atoms with Crippen LogP contribution in [0.4, 0.5) is 11.5 Å². The van der Waals surface area contributed by atoms with Crippen molar-refractivity contribution in [2.45, 2.75) is 13.5 Å². The van der Waals surface area contributed by atoms with Gasteiger partial charge >= 0.3 is 5.97 Å². The van der Waals surface area contributed by atoms with Gasteiger partial charge in [-0.15, -0.1) is 0 Å². The number of hydrogen-bond acceptors (Lipinski definition) is 7. The molecule has 0 aliphatic heterocycles. The van der Waals surface area contributed by atoms with Crippen LogP contribution in [-0.4, -0.2) is 33.4 Å². The summed E-state index contributed by atoms with van der Waals surface area (Å²) in [6, 6.07) is 12.0. The highest BCUT2D eigenvalue weighted by atomic mass is 16.5. The quantitative estimate of drug-likeness (QED) is 0.610. The summed E-state index contributed by atoms with van der Waals surface area (Å²) in [5.74, 6) is -0.442. The molecule has 0 atom stereocenters. The predicted octanol–water partition coefficient (Wildman–Crippen LogP) is 2.91. The van der Waals surface area contributed by atoms with Gasteiger partial charge < -0.3 is 15.4 Å². The second-order valence-corrected chi connectivity index (χ2v) is 5.72. The standard InChI is InChI=1S/C20H19N5O3/c1-2-28-20(27)15-5-3-4-6-16(15)25-19(26)17-11-18(24-13-23-17)22-12-14-7-9-21-10-8-14/h3-11,13H,2,12H2,1H3,(H,25,26)(H,22,23,24). The lowest BCUT2D eigenvalue weighted by Crippen LogP contribution is -2.17. The van der Waals surface area contributed by atoms with E-state index in [-0.39, 0.29) is 17.9 Å². The maximum atomic E-state index is 12.6. The predicted molar refractivity (Wildman–Crippen MR) is 104 cm³/mol. The first-order valence-electron chi connectivity index (χ1n) is 8.69. The number of anilines is 2. The van der Waals surface area contributed by atoms with Crippen molar-refractivity contribution in [1.82, 2.24) is 15.0 Å². The molecule has 8 nitrogen and oxygen atoms in total. The summed E-state index contributed by atoms with van der Waals surface area (Å²) in [7, 11) is 0. The molecular formula is C20H19N5O3. The third-order valence-corrected chi connectivity index (χ3v) is 3.79. The lowest BCUT2D eigenvalue weighted by Gasteiger charge is -2.11. The van der Waals surface area contributed by atoms with Crippen LogP contribution in [0.1, 0.15) is 33.3 Å². The Balaban J connectivity index is 1.71. The molecule has 1 aromatic carbocycles. The van der Waals surface area contributed by atoms with Gasteiger partial charge in [0.1, 0.15) is 17.8 Å². The molecule has 0 aliphatic rings. The van der Waals surface area contributed by atoms with E-state index in [9.17, 15) is 9.59 Å². The zero-order valence-electron chi connectivity index (χ0n) is 15.3. The Morgan fingerprint density at radius 2 is 1.86 bits per heavy atom. The van der Waals surface area contributed by atoms with Crippen LogP contribution in [0.5, 0.6) is 0 Å². The third-order valence-electron chi connectivity index (χ3n) is 3.79. The zero-order valence-corrected chi connectivity index (χ0v) is 15.3. The summed E-state index contributed by atoms with van der Waals surface area (Å²) in [5.41, 5.74) is 1.84. The van der Waals surface area contributed by atoms with Crippen molar-refractivity contribution in [2.75, 3.05) is 17.2 Å². The van der Waals surface area contributed by atoms with Gasteiger partial charge in [-0.3, -0.25) is 9.78 Å². The lowest BCUT2D eigenvalue weighted by atomic mass is 10.1. The lowest BCUT2D eigenvalue weighted by molar-refractivity contribution is 0.0527. The van der Waals surface area contributed by atoms with Crippen LogP contribution in [0.25, 0.3) is 0 Å². The van der Waals surface area contributed by atoms with Crippen LogP contribution < -0.4 is 10.6 Å². The first-order valence-corrected chi connectivity index (χ1v) is 8.69. The highest BCUT2D eigenvalue weighted by Gasteiger charge is 2.16. The van der Waals surface area contributed by atoms with Crippen molar-refractivity contribution in [3.8, 4) is 0 Å². The summed E-state index contributed by atoms with van der Waals surface area (Å²) < 4.78 is 5.02. The van der Waals surface area contributed by atoms with E-state index in [2.05, 4.69) is 25.6 Å². The molecule has 3 aromatic rings. The summed E-state index contributed by atoms with van der Waals surface area (Å²) in [6.45, 7) is 2.51. The smallest absolute Gasteiger partial charge is 0.340 e. The Kier molecular flexibility index (Phi) is 6.25. The highest BCUT2D eigenvalue weighted by molar-refractivity contribution is 6.07. The second-order valence-electron chi connectivity index (χ2n) is 5.72. The maximum Gasteiger partial charge on any atom is 0.340 e. The Morgan fingerprint density at radius 3 is 2.64 bits per heavy atom. The summed E-state index contributed by atoms with van der Waals surface area (Å²) in [6.07, 6.45) is 4.72. The number of ether oxygens (including phenoxy) is 1. The number of nitrogens with zero attached hydrogens (tertiary/aromatic N) is 3. The zero-order chi connectivity index (χ0) is 19.8. The van der Waals surface area contributed by atoms with Crippen molar-refractivity contribution in [3.63, 3.8) is 0 Å². The largest absolute Gasteiger partial charge is 0.462 e. The van der Waals surface area contributed by atoms with Crippen molar-refractivity contribution in [3.05, 3.63) is 78.0 Å². The number of hydrogen-bond donors (Lipinski definition) is 2. The van der Waals surface area contributed by atoms with Gasteiger partial charge in [0, 0.05) is 25.0 Å². The molecule has 8 heteroatoms. The first-order chi connectivity index (χ1) is 13.7. The molecule has 3 rings (SSSR count). The molecule has 0 radical (unpaired) electrons. The normalized spacial score (nSPS) is 10.2. The number of carbonyl (C=O) groups is 2. The second kappa shape index (κ2) is 9.22. The van der Waals surface area contributed by atoms with Gasteiger partial charge in [0.15, 0.2) is 0 Å². The Labute approximate surface area is 162 Å². The van der Waals surface area contributed by atoms with E-state index >= 15 is 0 Å². The monoisotopic (exact) mass is 377 g/mol. The number of rotatable bonds is 7. The molecule has 142 valence electrons. The van der Waals surface area contributed by atoms with Gasteiger partial charge in [-0.2, -0.15) is 0 Å². The maximum absolute atomic E-state index is 12.6. The Bertz CT molecular complexity index is 963. The molecule has 2 N–H and O–H groups in total. The minimum absolute atomic E-state index is 0.172. The molecule has 1 amide bonds. The molecule has 28 heavy (non-hydrogen) atoms. The fourth-order valence-corrected chi connectivity index (χ4v) is 2.44. The molecule has 2 aromatic heterocycles. The van der Waals surface area contributed by atoms with Crippen LogP contribution in [0.15, 0.2) is 61.2 Å². The number of amides is 1. The molecule has 0 spiro atoms. The molecule has 0 fully saturated rings. The Hall–Kier alpha value is -3.81. The molecule has 2 heterocycles. The molecule has 0 saturated heterocycles. The van der Waals surface area contributed by atoms with Gasteiger partial charge in [0.25, 0.3) is 5.91 Å². The average molecular weight is 377 g/mol. The van der Waals surface area contributed by atoms with Gasteiger partial charge in [0.05, 0.1) is 17.9 Å².